The van der Waals surface area contributed by atoms with Crippen LogP contribution in [0.1, 0.15) is 0 Å². The fraction of sp³-hybridized carbons (Fsp3) is 0.179. The minimum Gasteiger partial charge on any atom is -0.493 e. The number of fused-ring (bicyclic) bond motifs is 1. The van der Waals surface area contributed by atoms with Crippen LogP contribution in [0.3, 0.4) is 0 Å². The number of H-pyrrole nitrogens is 1. The van der Waals surface area contributed by atoms with E-state index < -0.39 is 10.8 Å². The van der Waals surface area contributed by atoms with E-state index in [-0.39, 0.29) is 12.3 Å². The number of nitrogens with zero attached hydrogens (tertiary/aromatic N) is 3. The Hall–Kier alpha value is -5.37. The van der Waals surface area contributed by atoms with E-state index in [2.05, 4.69) is 20.5 Å². The number of amides is 1. The van der Waals surface area contributed by atoms with Crippen LogP contribution >= 0.6 is 11.3 Å². The van der Waals surface area contributed by atoms with Gasteiger partial charge in [0.25, 0.3) is 11.6 Å². The maximum Gasteiger partial charge on any atom is 0.271 e. The smallest absolute Gasteiger partial charge is 0.271 e. The lowest BCUT2D eigenvalue weighted by Gasteiger charge is -2.13. The molecule has 0 aliphatic carbocycles. The van der Waals surface area contributed by atoms with Crippen molar-refractivity contribution in [1.29, 1.82) is 0 Å². The fourth-order valence-corrected chi connectivity index (χ4v) is 5.05. The second-order valence-electron chi connectivity index (χ2n) is 8.71. The molecular weight excluding hydrogens is 566 g/mol. The average molecular weight is 592 g/mol. The first-order valence-corrected chi connectivity index (χ1v) is 13.2. The third-order valence-corrected chi connectivity index (χ3v) is 7.15. The summed E-state index contributed by atoms with van der Waals surface area (Å²) in [5, 5.41) is 21.5. The van der Waals surface area contributed by atoms with Crippen molar-refractivity contribution >= 4 is 38.3 Å². The molecule has 216 valence electrons. The maximum atomic E-state index is 12.6. The van der Waals surface area contributed by atoms with Crippen LogP contribution in [0.25, 0.3) is 32.7 Å². The standard InChI is InChI=1S/C28H25N5O8S/c1-37-21-7-5-15(18-13-19(32-31-18)16-10-23(38-2)27(40-4)24(11-16)39-3)9-22(21)41-14-26(34)30-28-29-20-12-17(33(35)36)6-8-25(20)42-28/h5-13H,14H2,1-4H3,(H,31,32)(H,29,30,34). The van der Waals surface area contributed by atoms with Crippen LogP contribution in [0.2, 0.25) is 0 Å². The summed E-state index contributed by atoms with van der Waals surface area (Å²) in [7, 11) is 6.13. The SMILES string of the molecule is COc1ccc(-c2cc(-c3cc(OC)c(OC)c(OC)c3)n[nH]2)cc1OCC(=O)Nc1nc2cc([N+](=O)[O-])ccc2s1. The number of thiazole rings is 1. The van der Waals surface area contributed by atoms with Crippen LogP contribution < -0.4 is 29.0 Å². The quantitative estimate of drug-likeness (QED) is 0.152. The van der Waals surface area contributed by atoms with Crippen molar-refractivity contribution in [3.05, 3.63) is 64.7 Å². The Labute approximate surface area is 243 Å². The highest BCUT2D eigenvalue weighted by Gasteiger charge is 2.18. The van der Waals surface area contributed by atoms with Crippen LogP contribution in [0.4, 0.5) is 10.8 Å². The minimum absolute atomic E-state index is 0.0752. The third-order valence-electron chi connectivity index (χ3n) is 6.20. The van der Waals surface area contributed by atoms with Gasteiger partial charge in [-0.05, 0) is 42.5 Å². The zero-order chi connectivity index (χ0) is 29.8. The molecule has 13 nitrogen and oxygen atoms in total. The molecule has 2 heterocycles. The second-order valence-corrected chi connectivity index (χ2v) is 9.74. The molecule has 0 aliphatic rings. The van der Waals surface area contributed by atoms with Gasteiger partial charge in [-0.2, -0.15) is 5.10 Å². The molecule has 0 atom stereocenters. The Morgan fingerprint density at radius 2 is 1.62 bits per heavy atom. The van der Waals surface area contributed by atoms with Gasteiger partial charge >= 0.3 is 0 Å². The number of aromatic amines is 1. The van der Waals surface area contributed by atoms with E-state index in [1.165, 1.54) is 37.7 Å². The van der Waals surface area contributed by atoms with Crippen LogP contribution in [-0.2, 0) is 4.79 Å². The lowest BCUT2D eigenvalue weighted by atomic mass is 10.1. The van der Waals surface area contributed by atoms with E-state index in [4.69, 9.17) is 23.7 Å². The zero-order valence-corrected chi connectivity index (χ0v) is 23.7. The summed E-state index contributed by atoms with van der Waals surface area (Å²) in [5.41, 5.74) is 3.17. The first-order chi connectivity index (χ1) is 20.3. The van der Waals surface area contributed by atoms with Gasteiger partial charge in [-0.1, -0.05) is 11.3 Å². The van der Waals surface area contributed by atoms with Crippen molar-refractivity contribution < 1.29 is 33.4 Å². The van der Waals surface area contributed by atoms with Crippen molar-refractivity contribution in [3.8, 4) is 51.3 Å². The number of aromatic nitrogens is 3. The molecule has 5 rings (SSSR count). The summed E-state index contributed by atoms with van der Waals surface area (Å²) in [6.07, 6.45) is 0. The largest absolute Gasteiger partial charge is 0.493 e. The molecule has 2 N–H and O–H groups in total. The number of nitro benzene ring substituents is 1. The van der Waals surface area contributed by atoms with E-state index in [0.29, 0.717) is 55.5 Å². The molecule has 3 aromatic carbocycles. The van der Waals surface area contributed by atoms with E-state index in [1.807, 2.05) is 12.1 Å². The van der Waals surface area contributed by atoms with Crippen LogP contribution in [0, 0.1) is 10.1 Å². The Morgan fingerprint density at radius 3 is 2.29 bits per heavy atom. The molecule has 14 heteroatoms. The molecule has 0 fully saturated rings. The number of anilines is 1. The van der Waals surface area contributed by atoms with E-state index >= 15 is 0 Å². The summed E-state index contributed by atoms with van der Waals surface area (Å²) in [5.74, 6) is 1.80. The molecule has 0 saturated heterocycles. The summed E-state index contributed by atoms with van der Waals surface area (Å²) < 4.78 is 28.2. The van der Waals surface area contributed by atoms with Crippen molar-refractivity contribution in [3.63, 3.8) is 0 Å². The second kappa shape index (κ2) is 12.0. The first-order valence-electron chi connectivity index (χ1n) is 12.3. The van der Waals surface area contributed by atoms with Gasteiger partial charge in [0.1, 0.15) is 0 Å². The minimum atomic E-state index is -0.496. The summed E-state index contributed by atoms with van der Waals surface area (Å²) in [6, 6.07) is 15.1. The summed E-state index contributed by atoms with van der Waals surface area (Å²) >= 11 is 1.20. The number of hydrogen-bond donors (Lipinski definition) is 2. The molecule has 1 amide bonds. The molecule has 0 unspecified atom stereocenters. The monoisotopic (exact) mass is 591 g/mol. The van der Waals surface area contributed by atoms with Gasteiger partial charge < -0.3 is 23.7 Å². The van der Waals surface area contributed by atoms with Crippen molar-refractivity contribution in [2.45, 2.75) is 0 Å². The topological polar surface area (TPSA) is 160 Å². The van der Waals surface area contributed by atoms with Crippen molar-refractivity contribution in [2.24, 2.45) is 0 Å². The number of carbonyl (C=O) groups is 1. The van der Waals surface area contributed by atoms with Gasteiger partial charge in [-0.25, -0.2) is 4.98 Å². The molecule has 2 aromatic heterocycles. The average Bonchev–Trinajstić information content (AvgIpc) is 3.66. The lowest BCUT2D eigenvalue weighted by Crippen LogP contribution is -2.20. The number of non-ortho nitro benzene ring substituents is 1. The van der Waals surface area contributed by atoms with Crippen LogP contribution in [0.5, 0.6) is 28.7 Å². The number of nitrogens with one attached hydrogen (secondary N) is 2. The van der Waals surface area contributed by atoms with Gasteiger partial charge in [-0.15, -0.1) is 0 Å². The van der Waals surface area contributed by atoms with Gasteiger partial charge in [0, 0.05) is 23.3 Å². The molecule has 0 aliphatic heterocycles. The number of hydrogen-bond acceptors (Lipinski definition) is 11. The predicted molar refractivity (Wildman–Crippen MR) is 156 cm³/mol. The Balaban J connectivity index is 1.32. The Kier molecular flexibility index (Phi) is 8.06. The molecule has 42 heavy (non-hydrogen) atoms. The van der Waals surface area contributed by atoms with Gasteiger partial charge in [0.15, 0.2) is 34.7 Å². The molecule has 5 aromatic rings. The van der Waals surface area contributed by atoms with E-state index in [0.717, 1.165) is 11.1 Å². The highest BCUT2D eigenvalue weighted by atomic mass is 32.1. The number of nitro groups is 1. The number of benzene rings is 3. The molecule has 0 bridgehead atoms. The zero-order valence-electron chi connectivity index (χ0n) is 22.9. The van der Waals surface area contributed by atoms with Crippen molar-refractivity contribution in [1.82, 2.24) is 15.2 Å². The highest BCUT2D eigenvalue weighted by Crippen LogP contribution is 2.41. The number of carbonyl (C=O) groups excluding carboxylic acids is 1. The molecule has 0 saturated carbocycles. The van der Waals surface area contributed by atoms with E-state index in [1.54, 1.807) is 44.6 Å². The molecule has 0 radical (unpaired) electrons. The predicted octanol–water partition coefficient (Wildman–Crippen LogP) is 5.31. The third kappa shape index (κ3) is 5.74. The van der Waals surface area contributed by atoms with Gasteiger partial charge in [0.05, 0.1) is 55.0 Å². The van der Waals surface area contributed by atoms with Gasteiger partial charge in [-0.3, -0.25) is 25.3 Å². The summed E-state index contributed by atoms with van der Waals surface area (Å²) in [4.78, 5) is 27.4. The number of rotatable bonds is 11. The van der Waals surface area contributed by atoms with Crippen LogP contribution in [0.15, 0.2) is 54.6 Å². The number of ether oxygens (including phenoxy) is 5. The lowest BCUT2D eigenvalue weighted by molar-refractivity contribution is -0.384. The van der Waals surface area contributed by atoms with E-state index in [9.17, 15) is 14.9 Å². The normalized spacial score (nSPS) is 10.8. The first kappa shape index (κ1) is 28.2. The molecular formula is C28H25N5O8S. The Bertz CT molecular complexity index is 1760. The summed E-state index contributed by atoms with van der Waals surface area (Å²) in [6.45, 7) is -0.324. The Morgan fingerprint density at radius 1 is 0.905 bits per heavy atom. The van der Waals surface area contributed by atoms with Gasteiger partial charge in [0.2, 0.25) is 5.75 Å². The van der Waals surface area contributed by atoms with Crippen molar-refractivity contribution in [2.75, 3.05) is 40.4 Å². The number of methoxy groups -OCH3 is 4. The highest BCUT2D eigenvalue weighted by molar-refractivity contribution is 7.22. The maximum absolute atomic E-state index is 12.6. The fourth-order valence-electron chi connectivity index (χ4n) is 4.18. The molecule has 0 spiro atoms. The van der Waals surface area contributed by atoms with Crippen LogP contribution in [-0.4, -0.2) is 61.1 Å².